The third kappa shape index (κ3) is 1.37. The maximum Gasteiger partial charge on any atom is 0.0503 e. The van der Waals surface area contributed by atoms with Crippen LogP contribution in [0.3, 0.4) is 0 Å². The second-order valence-corrected chi connectivity index (χ2v) is 4.97. The van der Waals surface area contributed by atoms with Crippen molar-refractivity contribution in [3.63, 3.8) is 0 Å². The lowest BCUT2D eigenvalue weighted by atomic mass is 10.1. The van der Waals surface area contributed by atoms with Gasteiger partial charge in [0.25, 0.3) is 0 Å². The Morgan fingerprint density at radius 3 is 2.81 bits per heavy atom. The van der Waals surface area contributed by atoms with E-state index in [2.05, 4.69) is 23.6 Å². The van der Waals surface area contributed by atoms with Crippen LogP contribution < -0.4 is 5.73 Å². The maximum atomic E-state index is 6.08. The Labute approximate surface area is 100.0 Å². The standard InChI is InChI=1S/C13H15ClN2/c1-8-11-5-2-9(14)6-12(11)16(10-3-4-10)13(8)7-15/h2,5-6,10H,3-4,7,15H2,1H3. The van der Waals surface area contributed by atoms with Crippen LogP contribution >= 0.6 is 11.6 Å². The van der Waals surface area contributed by atoms with Crippen LogP contribution in [-0.4, -0.2) is 4.57 Å². The van der Waals surface area contributed by atoms with E-state index in [1.165, 1.54) is 35.0 Å². The van der Waals surface area contributed by atoms with Gasteiger partial charge in [-0.05, 0) is 37.5 Å². The summed E-state index contributed by atoms with van der Waals surface area (Å²) in [7, 11) is 0. The molecule has 2 nitrogen and oxygen atoms in total. The third-order valence-electron chi connectivity index (χ3n) is 3.45. The van der Waals surface area contributed by atoms with Crippen molar-refractivity contribution in [2.45, 2.75) is 32.4 Å². The van der Waals surface area contributed by atoms with Crippen molar-refractivity contribution in [3.05, 3.63) is 34.5 Å². The minimum Gasteiger partial charge on any atom is -0.340 e. The topological polar surface area (TPSA) is 30.9 Å². The largest absolute Gasteiger partial charge is 0.340 e. The highest BCUT2D eigenvalue weighted by molar-refractivity contribution is 6.31. The van der Waals surface area contributed by atoms with Crippen LogP contribution in [0.4, 0.5) is 0 Å². The van der Waals surface area contributed by atoms with Crippen LogP contribution in [0.25, 0.3) is 10.9 Å². The van der Waals surface area contributed by atoms with E-state index in [0.29, 0.717) is 12.6 Å². The molecule has 0 atom stereocenters. The number of aryl methyl sites for hydroxylation is 1. The molecule has 1 aliphatic carbocycles. The molecule has 3 heteroatoms. The first-order valence-corrected chi connectivity index (χ1v) is 6.09. The Morgan fingerprint density at radius 1 is 1.44 bits per heavy atom. The molecule has 1 aromatic carbocycles. The van der Waals surface area contributed by atoms with E-state index in [9.17, 15) is 0 Å². The zero-order valence-electron chi connectivity index (χ0n) is 9.33. The van der Waals surface area contributed by atoms with Gasteiger partial charge in [0, 0.05) is 28.7 Å². The first-order valence-electron chi connectivity index (χ1n) is 5.71. The number of rotatable bonds is 2. The Bertz CT molecular complexity index is 553. The number of halogens is 1. The first kappa shape index (κ1) is 10.2. The number of hydrogen-bond acceptors (Lipinski definition) is 1. The van der Waals surface area contributed by atoms with E-state index < -0.39 is 0 Å². The molecule has 1 fully saturated rings. The minimum absolute atomic E-state index is 0.606. The van der Waals surface area contributed by atoms with Gasteiger partial charge in [0.15, 0.2) is 0 Å². The Hall–Kier alpha value is -0.990. The Morgan fingerprint density at radius 2 is 2.19 bits per heavy atom. The van der Waals surface area contributed by atoms with Crippen LogP contribution in [0.15, 0.2) is 18.2 Å². The Kier molecular flexibility index (Phi) is 2.23. The number of nitrogens with two attached hydrogens (primary N) is 1. The molecule has 0 saturated heterocycles. The lowest BCUT2D eigenvalue weighted by molar-refractivity contribution is 0.717. The van der Waals surface area contributed by atoms with E-state index in [-0.39, 0.29) is 0 Å². The van der Waals surface area contributed by atoms with Gasteiger partial charge < -0.3 is 10.3 Å². The zero-order valence-corrected chi connectivity index (χ0v) is 10.1. The number of nitrogens with zero attached hydrogens (tertiary/aromatic N) is 1. The summed E-state index contributed by atoms with van der Waals surface area (Å²) in [4.78, 5) is 0. The number of aromatic nitrogens is 1. The SMILES string of the molecule is Cc1c(CN)n(C2CC2)c2cc(Cl)ccc12. The van der Waals surface area contributed by atoms with E-state index >= 15 is 0 Å². The third-order valence-corrected chi connectivity index (χ3v) is 3.69. The molecule has 2 N–H and O–H groups in total. The molecular weight excluding hydrogens is 220 g/mol. The summed E-state index contributed by atoms with van der Waals surface area (Å²) in [6.45, 7) is 2.76. The lowest BCUT2D eigenvalue weighted by Crippen LogP contribution is -2.06. The molecule has 0 spiro atoms. The van der Waals surface area contributed by atoms with Gasteiger partial charge in [-0.1, -0.05) is 17.7 Å². The number of fused-ring (bicyclic) bond motifs is 1. The fourth-order valence-electron chi connectivity index (χ4n) is 2.50. The molecule has 1 saturated carbocycles. The van der Waals surface area contributed by atoms with Gasteiger partial charge in [0.05, 0.1) is 5.52 Å². The van der Waals surface area contributed by atoms with Gasteiger partial charge in [-0.15, -0.1) is 0 Å². The highest BCUT2D eigenvalue weighted by Crippen LogP contribution is 2.41. The molecule has 3 rings (SSSR count). The average Bonchev–Trinajstić information content (AvgIpc) is 3.05. The fourth-order valence-corrected chi connectivity index (χ4v) is 2.67. The monoisotopic (exact) mass is 234 g/mol. The summed E-state index contributed by atoms with van der Waals surface area (Å²) in [5.74, 6) is 0. The second kappa shape index (κ2) is 3.51. The molecule has 2 aromatic rings. The van der Waals surface area contributed by atoms with E-state index in [0.717, 1.165) is 5.02 Å². The summed E-state index contributed by atoms with van der Waals surface area (Å²) >= 11 is 6.08. The van der Waals surface area contributed by atoms with Crippen LogP contribution in [0.1, 0.15) is 30.1 Å². The van der Waals surface area contributed by atoms with Gasteiger partial charge >= 0.3 is 0 Å². The van der Waals surface area contributed by atoms with Crippen molar-refractivity contribution in [1.82, 2.24) is 4.57 Å². The number of hydrogen-bond donors (Lipinski definition) is 1. The van der Waals surface area contributed by atoms with Crippen LogP contribution in [0, 0.1) is 6.92 Å². The molecule has 1 aromatic heterocycles. The summed E-state index contributed by atoms with van der Waals surface area (Å²) in [6.07, 6.45) is 2.53. The van der Waals surface area contributed by atoms with Crippen molar-refractivity contribution < 1.29 is 0 Å². The second-order valence-electron chi connectivity index (χ2n) is 4.54. The molecule has 0 bridgehead atoms. The minimum atomic E-state index is 0.606. The quantitative estimate of drug-likeness (QED) is 0.849. The summed E-state index contributed by atoms with van der Waals surface area (Å²) in [5.41, 5.74) is 9.68. The van der Waals surface area contributed by atoms with E-state index in [1.807, 2.05) is 6.07 Å². The van der Waals surface area contributed by atoms with Gasteiger partial charge in [-0.3, -0.25) is 0 Å². The Balaban J connectivity index is 2.37. The predicted octanol–water partition coefficient (Wildman–Crippen LogP) is 3.40. The molecule has 0 unspecified atom stereocenters. The normalized spacial score (nSPS) is 15.9. The van der Waals surface area contributed by atoms with Crippen molar-refractivity contribution >= 4 is 22.5 Å². The average molecular weight is 235 g/mol. The predicted molar refractivity (Wildman–Crippen MR) is 67.8 cm³/mol. The van der Waals surface area contributed by atoms with E-state index in [4.69, 9.17) is 17.3 Å². The maximum absolute atomic E-state index is 6.08. The molecule has 16 heavy (non-hydrogen) atoms. The van der Waals surface area contributed by atoms with Gasteiger partial charge in [-0.25, -0.2) is 0 Å². The number of benzene rings is 1. The van der Waals surface area contributed by atoms with Crippen LogP contribution in [0.2, 0.25) is 5.02 Å². The summed E-state index contributed by atoms with van der Waals surface area (Å²) in [6, 6.07) is 6.76. The fraction of sp³-hybridized carbons (Fsp3) is 0.385. The molecule has 1 aliphatic rings. The molecule has 1 heterocycles. The summed E-state index contributed by atoms with van der Waals surface area (Å²) in [5, 5.41) is 2.09. The molecule has 84 valence electrons. The summed E-state index contributed by atoms with van der Waals surface area (Å²) < 4.78 is 2.39. The van der Waals surface area contributed by atoms with Crippen molar-refractivity contribution in [2.24, 2.45) is 5.73 Å². The molecular formula is C13H15ClN2. The smallest absolute Gasteiger partial charge is 0.0503 e. The lowest BCUT2D eigenvalue weighted by Gasteiger charge is -2.08. The van der Waals surface area contributed by atoms with Crippen LogP contribution in [-0.2, 0) is 6.54 Å². The zero-order chi connectivity index (χ0) is 11.3. The highest BCUT2D eigenvalue weighted by atomic mass is 35.5. The van der Waals surface area contributed by atoms with E-state index in [1.54, 1.807) is 0 Å². The molecule has 0 radical (unpaired) electrons. The van der Waals surface area contributed by atoms with Crippen LogP contribution in [0.5, 0.6) is 0 Å². The van der Waals surface area contributed by atoms with Gasteiger partial charge in [0.2, 0.25) is 0 Å². The first-order chi connectivity index (χ1) is 7.72. The van der Waals surface area contributed by atoms with Gasteiger partial charge in [0.1, 0.15) is 0 Å². The highest BCUT2D eigenvalue weighted by Gasteiger charge is 2.28. The van der Waals surface area contributed by atoms with Crippen molar-refractivity contribution in [2.75, 3.05) is 0 Å². The van der Waals surface area contributed by atoms with Gasteiger partial charge in [-0.2, -0.15) is 0 Å². The molecule has 0 amide bonds. The van der Waals surface area contributed by atoms with Crippen molar-refractivity contribution in [3.8, 4) is 0 Å². The van der Waals surface area contributed by atoms with Crippen molar-refractivity contribution in [1.29, 1.82) is 0 Å². The molecule has 0 aliphatic heterocycles.